The topological polar surface area (TPSA) is 45.2 Å². The van der Waals surface area contributed by atoms with Crippen LogP contribution in [0.3, 0.4) is 0 Å². The minimum atomic E-state index is 0.587. The normalized spacial score (nSPS) is 22.6. The molecule has 0 aromatic carbocycles. The molecular weight excluding hydrogens is 306 g/mol. The minimum Gasteiger partial charge on any atom is -0.341 e. The molecule has 2 aliphatic rings. The molecule has 0 unspecified atom stereocenters. The highest BCUT2D eigenvalue weighted by Crippen LogP contribution is 2.28. The van der Waals surface area contributed by atoms with Crippen molar-refractivity contribution in [2.24, 2.45) is 0 Å². The number of aromatic nitrogens is 3. The Morgan fingerprint density at radius 1 is 1.09 bits per heavy atom. The summed E-state index contributed by atoms with van der Waals surface area (Å²) < 4.78 is 0. The molecule has 0 N–H and O–H groups in total. The summed E-state index contributed by atoms with van der Waals surface area (Å²) in [4.78, 5) is 18.6. The van der Waals surface area contributed by atoms with Gasteiger partial charge in [0.25, 0.3) is 0 Å². The molecule has 6 heteroatoms. The fourth-order valence-corrected chi connectivity index (χ4v) is 4.38. The molecule has 4 rings (SSSR count). The largest absolute Gasteiger partial charge is 0.341 e. The second-order valence-corrected chi connectivity index (χ2v) is 7.41. The Morgan fingerprint density at radius 2 is 2.00 bits per heavy atom. The minimum absolute atomic E-state index is 0.587. The van der Waals surface area contributed by atoms with Gasteiger partial charge in [0.2, 0.25) is 5.95 Å². The monoisotopic (exact) mass is 329 g/mol. The maximum Gasteiger partial charge on any atom is 0.225 e. The molecule has 0 radical (unpaired) electrons. The molecule has 5 nitrogen and oxygen atoms in total. The van der Waals surface area contributed by atoms with E-state index in [9.17, 15) is 0 Å². The first kappa shape index (κ1) is 15.0. The second kappa shape index (κ2) is 6.93. The first-order valence-corrected chi connectivity index (χ1v) is 9.45. The number of piperidine rings is 1. The number of anilines is 1. The van der Waals surface area contributed by atoms with Crippen LogP contribution in [0.5, 0.6) is 0 Å². The van der Waals surface area contributed by atoms with Gasteiger partial charge in [0.15, 0.2) is 0 Å². The van der Waals surface area contributed by atoms with E-state index in [-0.39, 0.29) is 0 Å². The van der Waals surface area contributed by atoms with Gasteiger partial charge in [-0.05, 0) is 38.3 Å². The Hall–Kier alpha value is -1.53. The van der Waals surface area contributed by atoms with Crippen molar-refractivity contribution in [1.29, 1.82) is 0 Å². The van der Waals surface area contributed by atoms with Gasteiger partial charge in [-0.25, -0.2) is 15.0 Å². The number of rotatable bonds is 4. The summed E-state index contributed by atoms with van der Waals surface area (Å²) in [6, 6.07) is 2.06. The molecular formula is C17H23N5S. The van der Waals surface area contributed by atoms with Gasteiger partial charge in [0.1, 0.15) is 0 Å². The first-order chi connectivity index (χ1) is 11.4. The van der Waals surface area contributed by atoms with Crippen molar-refractivity contribution in [3.63, 3.8) is 0 Å². The number of likely N-dealkylation sites (tertiary alicyclic amines) is 1. The summed E-state index contributed by atoms with van der Waals surface area (Å²) in [5, 5.41) is 3.37. The van der Waals surface area contributed by atoms with E-state index in [0.29, 0.717) is 5.92 Å². The van der Waals surface area contributed by atoms with Crippen LogP contribution in [0, 0.1) is 0 Å². The number of hydrogen-bond acceptors (Lipinski definition) is 6. The quantitative estimate of drug-likeness (QED) is 0.863. The maximum absolute atomic E-state index is 4.80. The third-order valence-electron chi connectivity index (χ3n) is 4.78. The highest BCUT2D eigenvalue weighted by Gasteiger charge is 2.23. The summed E-state index contributed by atoms with van der Waals surface area (Å²) >= 11 is 1.79. The van der Waals surface area contributed by atoms with E-state index in [1.165, 1.54) is 30.7 Å². The standard InChI is InChI=1S/C17H23N5S/c1-2-10-22(9-1)17-19-6-5-15(20-17)13-21-8-3-4-14(12-21)16-18-7-11-23-16/h5-7,11,14H,1-4,8-10,12-13H2/t14-/m1/s1. The summed E-state index contributed by atoms with van der Waals surface area (Å²) in [5.74, 6) is 1.50. The van der Waals surface area contributed by atoms with Crippen LogP contribution < -0.4 is 4.90 Å². The predicted molar refractivity (Wildman–Crippen MR) is 92.8 cm³/mol. The Labute approximate surface area is 141 Å². The van der Waals surface area contributed by atoms with Crippen LogP contribution in [-0.4, -0.2) is 46.0 Å². The van der Waals surface area contributed by atoms with Crippen LogP contribution in [0.2, 0.25) is 0 Å². The van der Waals surface area contributed by atoms with Gasteiger partial charge in [-0.2, -0.15) is 0 Å². The molecule has 0 saturated carbocycles. The average molecular weight is 329 g/mol. The van der Waals surface area contributed by atoms with Gasteiger partial charge in [-0.15, -0.1) is 11.3 Å². The lowest BCUT2D eigenvalue weighted by Gasteiger charge is -2.31. The molecule has 0 amide bonds. The van der Waals surface area contributed by atoms with E-state index in [0.717, 1.165) is 44.4 Å². The Bertz CT molecular complexity index is 624. The summed E-state index contributed by atoms with van der Waals surface area (Å²) in [6.45, 7) is 5.37. The molecule has 0 aliphatic carbocycles. The number of nitrogens with zero attached hydrogens (tertiary/aromatic N) is 5. The molecule has 0 bridgehead atoms. The summed E-state index contributed by atoms with van der Waals surface area (Å²) in [6.07, 6.45) is 8.86. The van der Waals surface area contributed by atoms with E-state index in [2.05, 4.69) is 31.2 Å². The Morgan fingerprint density at radius 3 is 2.83 bits per heavy atom. The van der Waals surface area contributed by atoms with Gasteiger partial charge < -0.3 is 4.90 Å². The van der Waals surface area contributed by atoms with E-state index >= 15 is 0 Å². The third-order valence-corrected chi connectivity index (χ3v) is 5.72. The lowest BCUT2D eigenvalue weighted by Crippen LogP contribution is -2.34. The first-order valence-electron chi connectivity index (χ1n) is 8.57. The van der Waals surface area contributed by atoms with Crippen molar-refractivity contribution >= 4 is 17.3 Å². The third kappa shape index (κ3) is 3.53. The molecule has 1 atom stereocenters. The Kier molecular flexibility index (Phi) is 4.52. The van der Waals surface area contributed by atoms with Gasteiger partial charge in [-0.3, -0.25) is 4.90 Å². The van der Waals surface area contributed by atoms with Gasteiger partial charge in [0, 0.05) is 49.9 Å². The van der Waals surface area contributed by atoms with Crippen molar-refractivity contribution in [2.75, 3.05) is 31.1 Å². The van der Waals surface area contributed by atoms with Crippen LogP contribution >= 0.6 is 11.3 Å². The van der Waals surface area contributed by atoms with Gasteiger partial charge in [-0.1, -0.05) is 0 Å². The van der Waals surface area contributed by atoms with Gasteiger partial charge >= 0.3 is 0 Å². The SMILES string of the molecule is c1cc(CN2CCC[C@@H](c3nccs3)C2)nc(N2CCCC2)n1. The summed E-state index contributed by atoms with van der Waals surface area (Å²) in [5.41, 5.74) is 1.14. The van der Waals surface area contributed by atoms with Crippen LogP contribution in [0.25, 0.3) is 0 Å². The average Bonchev–Trinajstić information content (AvgIpc) is 3.29. The van der Waals surface area contributed by atoms with E-state index < -0.39 is 0 Å². The predicted octanol–water partition coefficient (Wildman–Crippen LogP) is 2.91. The van der Waals surface area contributed by atoms with E-state index in [1.807, 2.05) is 12.4 Å². The zero-order valence-electron chi connectivity index (χ0n) is 13.4. The second-order valence-electron chi connectivity index (χ2n) is 6.49. The number of thiazole rings is 1. The summed E-state index contributed by atoms with van der Waals surface area (Å²) in [7, 11) is 0. The lowest BCUT2D eigenvalue weighted by atomic mass is 9.98. The molecule has 23 heavy (non-hydrogen) atoms. The van der Waals surface area contributed by atoms with Crippen LogP contribution in [0.15, 0.2) is 23.8 Å². The molecule has 122 valence electrons. The fraction of sp³-hybridized carbons (Fsp3) is 0.588. The van der Waals surface area contributed by atoms with Crippen molar-refractivity contribution in [1.82, 2.24) is 19.9 Å². The van der Waals surface area contributed by atoms with Crippen molar-refractivity contribution < 1.29 is 0 Å². The van der Waals surface area contributed by atoms with Crippen molar-refractivity contribution in [3.05, 3.63) is 34.5 Å². The Balaban J connectivity index is 1.42. The molecule has 2 aromatic rings. The lowest BCUT2D eigenvalue weighted by molar-refractivity contribution is 0.198. The van der Waals surface area contributed by atoms with Crippen LogP contribution in [-0.2, 0) is 6.54 Å². The maximum atomic E-state index is 4.80. The molecule has 2 saturated heterocycles. The smallest absolute Gasteiger partial charge is 0.225 e. The fourth-order valence-electron chi connectivity index (χ4n) is 3.61. The zero-order valence-corrected chi connectivity index (χ0v) is 14.2. The molecule has 2 aromatic heterocycles. The van der Waals surface area contributed by atoms with Crippen molar-refractivity contribution in [2.45, 2.75) is 38.1 Å². The van der Waals surface area contributed by atoms with Crippen molar-refractivity contribution in [3.8, 4) is 0 Å². The van der Waals surface area contributed by atoms with E-state index in [4.69, 9.17) is 4.98 Å². The molecule has 2 fully saturated rings. The van der Waals surface area contributed by atoms with Crippen LogP contribution in [0.4, 0.5) is 5.95 Å². The number of hydrogen-bond donors (Lipinski definition) is 0. The van der Waals surface area contributed by atoms with Gasteiger partial charge in [0.05, 0.1) is 10.7 Å². The highest BCUT2D eigenvalue weighted by molar-refractivity contribution is 7.09. The van der Waals surface area contributed by atoms with Crippen LogP contribution in [0.1, 0.15) is 42.3 Å². The highest BCUT2D eigenvalue weighted by atomic mass is 32.1. The molecule has 2 aliphatic heterocycles. The molecule has 0 spiro atoms. The van der Waals surface area contributed by atoms with E-state index in [1.54, 1.807) is 11.3 Å². The molecule has 4 heterocycles. The zero-order chi connectivity index (χ0) is 15.5.